The number of aliphatic hydroxyl groups excluding tert-OH is 1. The molecule has 0 aliphatic rings. The van der Waals surface area contributed by atoms with Crippen LogP contribution in [0.15, 0.2) is 66.9 Å². The van der Waals surface area contributed by atoms with Crippen LogP contribution >= 0.6 is 0 Å². The minimum atomic E-state index is -1.50. The van der Waals surface area contributed by atoms with Crippen LogP contribution in [0.4, 0.5) is 0 Å². The molecule has 0 radical (unpaired) electrons. The van der Waals surface area contributed by atoms with Crippen molar-refractivity contribution in [1.29, 1.82) is 0 Å². The average Bonchev–Trinajstić information content (AvgIpc) is 3.15. The third-order valence-electron chi connectivity index (χ3n) is 4.56. The Morgan fingerprint density at radius 3 is 2.34 bits per heavy atom. The number of carbonyl (C=O) groups excluding carboxylic acids is 2. The van der Waals surface area contributed by atoms with E-state index in [1.54, 1.807) is 17.9 Å². The summed E-state index contributed by atoms with van der Waals surface area (Å²) in [7, 11) is 2.93. The predicted octanol–water partition coefficient (Wildman–Crippen LogP) is 1.96. The lowest BCUT2D eigenvalue weighted by atomic mass is 10.00. The molecule has 0 bridgehead atoms. The Hall–Kier alpha value is -3.45. The quantitative estimate of drug-likeness (QED) is 0.599. The number of aryl methyl sites for hydroxylation is 1. The number of hydrogen-bond donors (Lipinski definition) is 2. The lowest BCUT2D eigenvalue weighted by Crippen LogP contribution is -2.48. The van der Waals surface area contributed by atoms with E-state index in [1.165, 1.54) is 7.11 Å². The molecule has 2 aromatic carbocycles. The fourth-order valence-electron chi connectivity index (χ4n) is 3.10. The molecule has 0 aliphatic carbocycles. The summed E-state index contributed by atoms with van der Waals surface area (Å²) in [5, 5.41) is 17.6. The molecule has 1 heterocycles. The zero-order valence-corrected chi connectivity index (χ0v) is 16.3. The Bertz CT molecular complexity index is 970. The van der Waals surface area contributed by atoms with Gasteiger partial charge in [-0.25, -0.2) is 4.79 Å². The van der Waals surface area contributed by atoms with Gasteiger partial charge >= 0.3 is 5.97 Å². The number of amides is 1. The van der Waals surface area contributed by atoms with E-state index in [1.807, 2.05) is 60.7 Å². The van der Waals surface area contributed by atoms with Crippen molar-refractivity contribution >= 4 is 11.9 Å². The summed E-state index contributed by atoms with van der Waals surface area (Å²) in [6, 6.07) is 17.8. The number of nitrogens with zero attached hydrogens (tertiary/aromatic N) is 2. The van der Waals surface area contributed by atoms with Gasteiger partial charge in [-0.1, -0.05) is 60.7 Å². The summed E-state index contributed by atoms with van der Waals surface area (Å²) in [6.07, 6.45) is 0.381. The topological polar surface area (TPSA) is 93.5 Å². The fraction of sp³-hybridized carbons (Fsp3) is 0.227. The molecule has 150 valence electrons. The number of aromatic nitrogens is 2. The van der Waals surface area contributed by atoms with Gasteiger partial charge in [-0.15, -0.1) is 0 Å². The zero-order chi connectivity index (χ0) is 20.8. The summed E-state index contributed by atoms with van der Waals surface area (Å²) in [5.41, 5.74) is 2.55. The van der Waals surface area contributed by atoms with Crippen LogP contribution in [-0.2, 0) is 23.0 Å². The van der Waals surface area contributed by atoms with E-state index >= 15 is 0 Å². The van der Waals surface area contributed by atoms with E-state index in [0.29, 0.717) is 11.3 Å². The molecule has 3 rings (SSSR count). The van der Waals surface area contributed by atoms with Crippen molar-refractivity contribution in [2.75, 3.05) is 7.11 Å². The summed E-state index contributed by atoms with van der Waals surface area (Å²) in [4.78, 5) is 25.0. The molecule has 7 nitrogen and oxygen atoms in total. The van der Waals surface area contributed by atoms with Crippen molar-refractivity contribution in [3.63, 3.8) is 0 Å². The van der Waals surface area contributed by atoms with Gasteiger partial charge in [0.2, 0.25) is 0 Å². The molecular formula is C22H23N3O4. The van der Waals surface area contributed by atoms with Crippen LogP contribution in [0.2, 0.25) is 0 Å². The minimum Gasteiger partial charge on any atom is -0.467 e. The monoisotopic (exact) mass is 393 g/mol. The lowest BCUT2D eigenvalue weighted by Gasteiger charge is -2.22. The van der Waals surface area contributed by atoms with Gasteiger partial charge in [0.25, 0.3) is 5.91 Å². The second-order valence-electron chi connectivity index (χ2n) is 6.67. The number of benzene rings is 2. The van der Waals surface area contributed by atoms with E-state index in [0.717, 1.165) is 11.1 Å². The highest BCUT2D eigenvalue weighted by Crippen LogP contribution is 2.22. The first kappa shape index (κ1) is 20.3. The van der Waals surface area contributed by atoms with Gasteiger partial charge in [0, 0.05) is 18.8 Å². The fourth-order valence-corrected chi connectivity index (χ4v) is 3.10. The van der Waals surface area contributed by atoms with Crippen LogP contribution in [0.3, 0.4) is 0 Å². The van der Waals surface area contributed by atoms with E-state index < -0.39 is 24.0 Å². The molecule has 29 heavy (non-hydrogen) atoms. The normalized spacial score (nSPS) is 12.8. The third-order valence-corrected chi connectivity index (χ3v) is 4.56. The molecule has 0 spiro atoms. The summed E-state index contributed by atoms with van der Waals surface area (Å²) < 4.78 is 6.21. The summed E-state index contributed by atoms with van der Waals surface area (Å²) in [5.74, 6) is -1.23. The standard InChI is InChI=1S/C22H23N3O4/c1-25-14-17(19(24-25)16-11-7-4-8-12-16)21(27)23-18(20(26)22(28)29-2)13-15-9-5-3-6-10-15/h3-12,14,18,20,26H,13H2,1-2H3,(H,23,27)/t18-,20?/m0/s1. The maximum absolute atomic E-state index is 13.0. The van der Waals surface area contributed by atoms with Crippen molar-refractivity contribution in [3.05, 3.63) is 78.0 Å². The van der Waals surface area contributed by atoms with Crippen LogP contribution < -0.4 is 5.32 Å². The highest BCUT2D eigenvalue weighted by atomic mass is 16.5. The number of ether oxygens (including phenoxy) is 1. The maximum Gasteiger partial charge on any atom is 0.336 e. The highest BCUT2D eigenvalue weighted by molar-refractivity contribution is 6.00. The Morgan fingerprint density at radius 2 is 1.72 bits per heavy atom. The van der Waals surface area contributed by atoms with Gasteiger partial charge in [0.15, 0.2) is 6.10 Å². The number of nitrogens with one attached hydrogen (secondary N) is 1. The van der Waals surface area contributed by atoms with Crippen molar-refractivity contribution in [1.82, 2.24) is 15.1 Å². The molecule has 1 unspecified atom stereocenters. The van der Waals surface area contributed by atoms with Crippen molar-refractivity contribution in [2.24, 2.45) is 7.05 Å². The summed E-state index contributed by atoms with van der Waals surface area (Å²) in [6.45, 7) is 0. The molecule has 2 atom stereocenters. The van der Waals surface area contributed by atoms with Gasteiger partial charge in [-0.3, -0.25) is 9.48 Å². The zero-order valence-electron chi connectivity index (χ0n) is 16.3. The molecule has 1 aromatic heterocycles. The molecule has 0 saturated carbocycles. The molecule has 3 aromatic rings. The maximum atomic E-state index is 13.0. The van der Waals surface area contributed by atoms with Crippen LogP contribution in [0, 0.1) is 0 Å². The van der Waals surface area contributed by atoms with Crippen LogP contribution in [0.25, 0.3) is 11.3 Å². The first-order valence-electron chi connectivity index (χ1n) is 9.19. The Morgan fingerprint density at radius 1 is 1.10 bits per heavy atom. The van der Waals surface area contributed by atoms with Crippen LogP contribution in [-0.4, -0.2) is 46.0 Å². The van der Waals surface area contributed by atoms with Crippen LogP contribution in [0.5, 0.6) is 0 Å². The predicted molar refractivity (Wildman–Crippen MR) is 108 cm³/mol. The van der Waals surface area contributed by atoms with Gasteiger partial charge in [-0.05, 0) is 12.0 Å². The Balaban J connectivity index is 1.88. The summed E-state index contributed by atoms with van der Waals surface area (Å²) >= 11 is 0. The largest absolute Gasteiger partial charge is 0.467 e. The molecular weight excluding hydrogens is 370 g/mol. The third kappa shape index (κ3) is 4.89. The second-order valence-corrected chi connectivity index (χ2v) is 6.67. The van der Waals surface area contributed by atoms with Crippen molar-refractivity contribution < 1.29 is 19.4 Å². The van der Waals surface area contributed by atoms with Gasteiger partial charge in [0.1, 0.15) is 5.69 Å². The van der Waals surface area contributed by atoms with Crippen LogP contribution in [0.1, 0.15) is 15.9 Å². The van der Waals surface area contributed by atoms with Gasteiger partial charge in [-0.2, -0.15) is 5.10 Å². The van der Waals surface area contributed by atoms with E-state index in [-0.39, 0.29) is 6.42 Å². The van der Waals surface area contributed by atoms with Gasteiger partial charge < -0.3 is 15.2 Å². The SMILES string of the molecule is COC(=O)C(O)[C@H](Cc1ccccc1)NC(=O)c1cn(C)nc1-c1ccccc1. The first-order chi connectivity index (χ1) is 14.0. The average molecular weight is 393 g/mol. The van der Waals surface area contributed by atoms with Gasteiger partial charge in [0.05, 0.1) is 18.7 Å². The molecule has 1 amide bonds. The molecule has 0 saturated heterocycles. The smallest absolute Gasteiger partial charge is 0.336 e. The minimum absolute atomic E-state index is 0.268. The Kier molecular flexibility index (Phi) is 6.41. The second kappa shape index (κ2) is 9.16. The van der Waals surface area contributed by atoms with Crippen molar-refractivity contribution in [2.45, 2.75) is 18.6 Å². The van der Waals surface area contributed by atoms with E-state index in [2.05, 4.69) is 15.2 Å². The number of esters is 1. The lowest BCUT2D eigenvalue weighted by molar-refractivity contribution is -0.151. The molecule has 2 N–H and O–H groups in total. The number of hydrogen-bond acceptors (Lipinski definition) is 5. The molecule has 7 heteroatoms. The van der Waals surface area contributed by atoms with E-state index in [9.17, 15) is 14.7 Å². The number of carbonyl (C=O) groups is 2. The number of aliphatic hydroxyl groups is 1. The highest BCUT2D eigenvalue weighted by Gasteiger charge is 2.30. The molecule has 0 aliphatic heterocycles. The Labute approximate surface area is 168 Å². The first-order valence-corrected chi connectivity index (χ1v) is 9.19. The van der Waals surface area contributed by atoms with E-state index in [4.69, 9.17) is 0 Å². The molecule has 0 fully saturated rings. The number of rotatable bonds is 7. The number of methoxy groups -OCH3 is 1. The van der Waals surface area contributed by atoms with Crippen molar-refractivity contribution in [3.8, 4) is 11.3 Å².